The summed E-state index contributed by atoms with van der Waals surface area (Å²) in [5, 5.41) is 2.95. The van der Waals surface area contributed by atoms with Crippen molar-refractivity contribution in [2.45, 2.75) is 19.6 Å². The molecule has 9 heteroatoms. The van der Waals surface area contributed by atoms with Crippen molar-refractivity contribution in [1.82, 2.24) is 24.5 Å². The fourth-order valence-electron chi connectivity index (χ4n) is 2.99. The molecule has 3 heterocycles. The average molecular weight is 398 g/mol. The van der Waals surface area contributed by atoms with E-state index in [4.69, 9.17) is 0 Å². The topological polar surface area (TPSA) is 68.5 Å². The molecule has 148 valence electrons. The highest BCUT2D eigenvalue weighted by atomic mass is 19.4. The summed E-state index contributed by atoms with van der Waals surface area (Å²) in [5.74, 6) is 0.700. The van der Waals surface area contributed by atoms with Crippen molar-refractivity contribution in [3.63, 3.8) is 0 Å². The number of alkyl halides is 3. The highest BCUT2D eigenvalue weighted by molar-refractivity contribution is 5.76. The number of hydrogen-bond donors (Lipinski definition) is 1. The van der Waals surface area contributed by atoms with E-state index in [9.17, 15) is 13.2 Å². The van der Waals surface area contributed by atoms with Crippen LogP contribution in [0.2, 0.25) is 0 Å². The maximum Gasteiger partial charge on any atom is 0.433 e. The molecule has 0 radical (unpaired) electrons. The van der Waals surface area contributed by atoms with Crippen LogP contribution in [-0.4, -0.2) is 24.5 Å². The van der Waals surface area contributed by atoms with E-state index in [1.165, 1.54) is 12.4 Å². The first-order valence-electron chi connectivity index (χ1n) is 8.84. The lowest BCUT2D eigenvalue weighted by molar-refractivity contribution is -0.141. The quantitative estimate of drug-likeness (QED) is 0.553. The van der Waals surface area contributed by atoms with E-state index < -0.39 is 11.9 Å². The van der Waals surface area contributed by atoms with Gasteiger partial charge in [-0.1, -0.05) is 6.07 Å². The van der Waals surface area contributed by atoms with Gasteiger partial charge in [-0.2, -0.15) is 13.2 Å². The number of anilines is 1. The molecule has 4 aromatic rings. The van der Waals surface area contributed by atoms with Crippen LogP contribution in [0, 0.1) is 6.92 Å². The molecule has 0 fully saturated rings. The first-order chi connectivity index (χ1) is 13.8. The molecule has 29 heavy (non-hydrogen) atoms. The maximum atomic E-state index is 13.3. The molecular weight excluding hydrogens is 381 g/mol. The van der Waals surface area contributed by atoms with E-state index >= 15 is 0 Å². The van der Waals surface area contributed by atoms with Gasteiger partial charge >= 0.3 is 6.18 Å². The molecule has 0 saturated heterocycles. The molecule has 0 aliphatic heterocycles. The van der Waals surface area contributed by atoms with Crippen LogP contribution in [0.4, 0.5) is 19.0 Å². The number of pyridine rings is 1. The SMILES string of the molecule is Cc1ccc2c(c1)nc(CNc1cc(C(F)(F)F)nc(-c3cccnc3)n1)n2C. The summed E-state index contributed by atoms with van der Waals surface area (Å²) in [7, 11) is 1.86. The normalized spacial score (nSPS) is 11.8. The number of nitrogens with zero attached hydrogens (tertiary/aromatic N) is 5. The summed E-state index contributed by atoms with van der Waals surface area (Å²) < 4.78 is 41.9. The second-order valence-corrected chi connectivity index (χ2v) is 6.63. The minimum atomic E-state index is -4.59. The highest BCUT2D eigenvalue weighted by Gasteiger charge is 2.34. The van der Waals surface area contributed by atoms with Crippen LogP contribution in [0.1, 0.15) is 17.1 Å². The lowest BCUT2D eigenvalue weighted by atomic mass is 10.2. The van der Waals surface area contributed by atoms with Crippen LogP contribution >= 0.6 is 0 Å². The van der Waals surface area contributed by atoms with Crippen LogP contribution in [0.5, 0.6) is 0 Å². The molecule has 6 nitrogen and oxygen atoms in total. The summed E-state index contributed by atoms with van der Waals surface area (Å²) in [6.45, 7) is 2.19. The van der Waals surface area contributed by atoms with Crippen LogP contribution in [0.25, 0.3) is 22.4 Å². The number of halogens is 3. The first kappa shape index (κ1) is 18.9. The van der Waals surface area contributed by atoms with Gasteiger partial charge in [-0.25, -0.2) is 15.0 Å². The Bertz CT molecular complexity index is 1170. The summed E-state index contributed by atoms with van der Waals surface area (Å²) in [4.78, 5) is 16.4. The molecule has 0 aliphatic carbocycles. The zero-order valence-corrected chi connectivity index (χ0v) is 15.7. The van der Waals surface area contributed by atoms with Crippen LogP contribution < -0.4 is 5.32 Å². The highest BCUT2D eigenvalue weighted by Crippen LogP contribution is 2.30. The fraction of sp³-hybridized carbons (Fsp3) is 0.200. The van der Waals surface area contributed by atoms with Crippen LogP contribution in [0.3, 0.4) is 0 Å². The molecule has 1 aromatic carbocycles. The number of imidazole rings is 1. The Morgan fingerprint density at radius 2 is 1.90 bits per heavy atom. The largest absolute Gasteiger partial charge is 0.433 e. The van der Waals surface area contributed by atoms with Gasteiger partial charge in [-0.05, 0) is 36.8 Å². The minimum absolute atomic E-state index is 0.0453. The van der Waals surface area contributed by atoms with Gasteiger partial charge in [-0.3, -0.25) is 4.98 Å². The summed E-state index contributed by atoms with van der Waals surface area (Å²) in [6.07, 6.45) is -1.64. The monoisotopic (exact) mass is 398 g/mol. The second kappa shape index (κ2) is 7.16. The second-order valence-electron chi connectivity index (χ2n) is 6.63. The van der Waals surface area contributed by atoms with E-state index in [0.29, 0.717) is 11.4 Å². The van der Waals surface area contributed by atoms with Gasteiger partial charge in [0.05, 0.1) is 17.6 Å². The van der Waals surface area contributed by atoms with Crippen LogP contribution in [0.15, 0.2) is 48.8 Å². The number of nitrogens with one attached hydrogen (secondary N) is 1. The predicted molar refractivity (Wildman–Crippen MR) is 103 cm³/mol. The molecule has 0 bridgehead atoms. The van der Waals surface area contributed by atoms with Crippen molar-refractivity contribution >= 4 is 16.9 Å². The molecule has 4 rings (SSSR count). The Morgan fingerprint density at radius 3 is 2.62 bits per heavy atom. The maximum absolute atomic E-state index is 13.3. The molecule has 0 saturated carbocycles. The minimum Gasteiger partial charge on any atom is -0.363 e. The molecule has 0 spiro atoms. The van der Waals surface area contributed by atoms with Crippen molar-refractivity contribution < 1.29 is 13.2 Å². The molecule has 1 N–H and O–H groups in total. The first-order valence-corrected chi connectivity index (χ1v) is 8.84. The van der Waals surface area contributed by atoms with Crippen molar-refractivity contribution in [2.24, 2.45) is 7.05 Å². The zero-order chi connectivity index (χ0) is 20.6. The molecule has 0 amide bonds. The number of aryl methyl sites for hydroxylation is 2. The van der Waals surface area contributed by atoms with Crippen molar-refractivity contribution in [1.29, 1.82) is 0 Å². The summed E-state index contributed by atoms with van der Waals surface area (Å²) in [6, 6.07) is 10.0. The summed E-state index contributed by atoms with van der Waals surface area (Å²) in [5.41, 5.74) is 2.25. The van der Waals surface area contributed by atoms with Gasteiger partial charge in [0, 0.05) is 31.1 Å². The fourth-order valence-corrected chi connectivity index (χ4v) is 2.99. The van der Waals surface area contributed by atoms with Gasteiger partial charge in [0.1, 0.15) is 11.6 Å². The molecule has 0 atom stereocenters. The molecular formula is C20H17F3N6. The smallest absolute Gasteiger partial charge is 0.363 e. The van der Waals surface area contributed by atoms with E-state index in [1.54, 1.807) is 12.1 Å². The Balaban J connectivity index is 1.67. The lowest BCUT2D eigenvalue weighted by Gasteiger charge is -2.12. The number of rotatable bonds is 4. The average Bonchev–Trinajstić information content (AvgIpc) is 3.01. The van der Waals surface area contributed by atoms with E-state index in [2.05, 4.69) is 25.3 Å². The Hall–Kier alpha value is -3.49. The number of benzene rings is 1. The standard InChI is InChI=1S/C20H17F3N6/c1-12-5-6-15-14(8-12)26-18(29(15)2)11-25-17-9-16(20(21,22)23)27-19(28-17)13-4-3-7-24-10-13/h3-10H,11H2,1-2H3,(H,25,27,28). The third-order valence-electron chi connectivity index (χ3n) is 4.49. The van der Waals surface area contributed by atoms with Crippen LogP contribution in [-0.2, 0) is 19.8 Å². The van der Waals surface area contributed by atoms with Gasteiger partial charge in [-0.15, -0.1) is 0 Å². The van der Waals surface area contributed by atoms with Crippen molar-refractivity contribution in [2.75, 3.05) is 5.32 Å². The Labute approximate surface area is 164 Å². The Kier molecular flexibility index (Phi) is 4.65. The zero-order valence-electron chi connectivity index (χ0n) is 15.7. The van der Waals surface area contributed by atoms with E-state index in [-0.39, 0.29) is 18.2 Å². The third-order valence-corrected chi connectivity index (χ3v) is 4.49. The molecule has 0 unspecified atom stereocenters. The third kappa shape index (κ3) is 3.89. The predicted octanol–water partition coefficient (Wildman–Crippen LogP) is 4.36. The number of aromatic nitrogens is 5. The van der Waals surface area contributed by atoms with Crippen molar-refractivity contribution in [3.05, 3.63) is 65.9 Å². The van der Waals surface area contributed by atoms with Gasteiger partial charge in [0.25, 0.3) is 0 Å². The number of fused-ring (bicyclic) bond motifs is 1. The lowest BCUT2D eigenvalue weighted by Crippen LogP contribution is -2.13. The molecule has 0 aliphatic rings. The van der Waals surface area contributed by atoms with Gasteiger partial charge < -0.3 is 9.88 Å². The number of hydrogen-bond acceptors (Lipinski definition) is 5. The Morgan fingerprint density at radius 1 is 1.07 bits per heavy atom. The van der Waals surface area contributed by atoms with E-state index in [0.717, 1.165) is 22.7 Å². The van der Waals surface area contributed by atoms with E-state index in [1.807, 2.05) is 36.7 Å². The van der Waals surface area contributed by atoms with Gasteiger partial charge in [0.2, 0.25) is 0 Å². The van der Waals surface area contributed by atoms with Crippen molar-refractivity contribution in [3.8, 4) is 11.4 Å². The van der Waals surface area contributed by atoms with Gasteiger partial charge in [0.15, 0.2) is 11.5 Å². The summed E-state index contributed by atoms with van der Waals surface area (Å²) >= 11 is 0. The molecule has 3 aromatic heterocycles.